The van der Waals surface area contributed by atoms with E-state index in [0.29, 0.717) is 0 Å². The third-order valence-corrected chi connectivity index (χ3v) is 6.56. The quantitative estimate of drug-likeness (QED) is 0.324. The zero-order valence-electron chi connectivity index (χ0n) is 17.2. The maximum Gasteiger partial charge on any atom is 0.0390 e. The number of benzene rings is 5. The van der Waals surface area contributed by atoms with Crippen LogP contribution < -0.4 is 5.32 Å². The van der Waals surface area contributed by atoms with Crippen molar-refractivity contribution >= 4 is 32.9 Å². The minimum absolute atomic E-state index is 0.00818. The molecule has 144 valence electrons. The highest BCUT2D eigenvalue weighted by Crippen LogP contribution is 2.51. The van der Waals surface area contributed by atoms with Gasteiger partial charge >= 0.3 is 0 Å². The van der Waals surface area contributed by atoms with Gasteiger partial charge in [0.15, 0.2) is 0 Å². The summed E-state index contributed by atoms with van der Waals surface area (Å²) in [6.45, 7) is 4.70. The average molecular weight is 386 g/mol. The lowest BCUT2D eigenvalue weighted by atomic mass is 9.81. The second-order valence-corrected chi connectivity index (χ2v) is 8.82. The molecule has 0 saturated heterocycles. The molecule has 6 rings (SSSR count). The molecule has 0 aromatic heterocycles. The van der Waals surface area contributed by atoms with E-state index in [4.69, 9.17) is 0 Å². The normalized spacial score (nSPS) is 13.9. The first-order chi connectivity index (χ1) is 14.6. The van der Waals surface area contributed by atoms with Gasteiger partial charge in [0.25, 0.3) is 0 Å². The highest BCUT2D eigenvalue weighted by atomic mass is 14.9. The molecule has 1 N–H and O–H groups in total. The van der Waals surface area contributed by atoms with Gasteiger partial charge in [-0.05, 0) is 92.3 Å². The van der Waals surface area contributed by atoms with E-state index >= 15 is 0 Å². The second-order valence-electron chi connectivity index (χ2n) is 8.82. The third-order valence-electron chi connectivity index (χ3n) is 6.56. The summed E-state index contributed by atoms with van der Waals surface area (Å²) in [5, 5.41) is 8.71. The first-order valence-electron chi connectivity index (χ1n) is 10.5. The SMILES string of the molecule is CC1(C)c2cc3ccccc3cc2-c2cc3ccc(Nc4ccccc4)cc3cc21. The van der Waals surface area contributed by atoms with E-state index in [1.165, 1.54) is 43.8 Å². The lowest BCUT2D eigenvalue weighted by Crippen LogP contribution is -2.14. The van der Waals surface area contributed by atoms with Gasteiger partial charge in [0, 0.05) is 16.8 Å². The fourth-order valence-electron chi connectivity index (χ4n) is 4.93. The lowest BCUT2D eigenvalue weighted by Gasteiger charge is -2.22. The molecule has 5 aromatic carbocycles. The highest BCUT2D eigenvalue weighted by molar-refractivity contribution is 5.98. The van der Waals surface area contributed by atoms with Gasteiger partial charge < -0.3 is 5.32 Å². The molecule has 0 saturated carbocycles. The van der Waals surface area contributed by atoms with Crippen LogP contribution in [-0.4, -0.2) is 0 Å². The number of anilines is 2. The van der Waals surface area contributed by atoms with E-state index in [1.807, 2.05) is 6.07 Å². The minimum Gasteiger partial charge on any atom is -0.356 e. The molecule has 0 aliphatic heterocycles. The molecule has 0 radical (unpaired) electrons. The zero-order valence-corrected chi connectivity index (χ0v) is 17.2. The van der Waals surface area contributed by atoms with Crippen molar-refractivity contribution in [2.45, 2.75) is 19.3 Å². The number of rotatable bonds is 2. The number of nitrogens with one attached hydrogen (secondary N) is 1. The van der Waals surface area contributed by atoms with Gasteiger partial charge in [-0.3, -0.25) is 0 Å². The summed E-state index contributed by atoms with van der Waals surface area (Å²) in [5.74, 6) is 0. The Kier molecular flexibility index (Phi) is 3.58. The van der Waals surface area contributed by atoms with Crippen molar-refractivity contribution in [3.05, 3.63) is 108 Å². The van der Waals surface area contributed by atoms with Crippen molar-refractivity contribution in [2.24, 2.45) is 0 Å². The molecule has 1 aliphatic carbocycles. The van der Waals surface area contributed by atoms with E-state index in [9.17, 15) is 0 Å². The van der Waals surface area contributed by atoms with Gasteiger partial charge in [0.1, 0.15) is 0 Å². The minimum atomic E-state index is -0.00818. The van der Waals surface area contributed by atoms with E-state index in [0.717, 1.165) is 11.4 Å². The summed E-state index contributed by atoms with van der Waals surface area (Å²) < 4.78 is 0. The summed E-state index contributed by atoms with van der Waals surface area (Å²) in [5.41, 5.74) is 7.81. The Hall–Kier alpha value is -3.58. The van der Waals surface area contributed by atoms with E-state index in [2.05, 4.69) is 110 Å². The number of para-hydroxylation sites is 1. The predicted molar refractivity (Wildman–Crippen MR) is 129 cm³/mol. The van der Waals surface area contributed by atoms with Crippen LogP contribution in [0.25, 0.3) is 32.7 Å². The Balaban J connectivity index is 1.52. The fraction of sp³-hybridized carbons (Fsp3) is 0.103. The van der Waals surface area contributed by atoms with Crippen LogP contribution in [0.5, 0.6) is 0 Å². The summed E-state index contributed by atoms with van der Waals surface area (Å²) in [6, 6.07) is 35.2. The number of hydrogen-bond donors (Lipinski definition) is 1. The Bertz CT molecular complexity index is 1430. The first-order valence-corrected chi connectivity index (χ1v) is 10.5. The van der Waals surface area contributed by atoms with Gasteiger partial charge in [-0.15, -0.1) is 0 Å². The monoisotopic (exact) mass is 385 g/mol. The molecular formula is C29H23N. The van der Waals surface area contributed by atoms with E-state index < -0.39 is 0 Å². The van der Waals surface area contributed by atoms with Crippen molar-refractivity contribution in [2.75, 3.05) is 5.32 Å². The molecule has 30 heavy (non-hydrogen) atoms. The summed E-state index contributed by atoms with van der Waals surface area (Å²) >= 11 is 0. The van der Waals surface area contributed by atoms with Crippen LogP contribution >= 0.6 is 0 Å². The molecule has 1 heteroatoms. The Morgan fingerprint density at radius 1 is 0.500 bits per heavy atom. The van der Waals surface area contributed by atoms with Gasteiger partial charge in [-0.1, -0.05) is 62.4 Å². The molecule has 0 bridgehead atoms. The van der Waals surface area contributed by atoms with E-state index in [1.54, 1.807) is 0 Å². The Labute approximate surface area is 177 Å². The van der Waals surface area contributed by atoms with Crippen LogP contribution in [0.1, 0.15) is 25.0 Å². The molecule has 0 unspecified atom stereocenters. The van der Waals surface area contributed by atoms with Crippen molar-refractivity contribution < 1.29 is 0 Å². The largest absolute Gasteiger partial charge is 0.356 e. The molecule has 1 nitrogen and oxygen atoms in total. The molecule has 1 aliphatic rings. The Morgan fingerprint density at radius 2 is 1.07 bits per heavy atom. The highest BCUT2D eigenvalue weighted by Gasteiger charge is 2.35. The summed E-state index contributed by atoms with van der Waals surface area (Å²) in [7, 11) is 0. The van der Waals surface area contributed by atoms with Gasteiger partial charge in [-0.25, -0.2) is 0 Å². The summed E-state index contributed by atoms with van der Waals surface area (Å²) in [4.78, 5) is 0. The van der Waals surface area contributed by atoms with Crippen molar-refractivity contribution in [1.82, 2.24) is 0 Å². The lowest BCUT2D eigenvalue weighted by molar-refractivity contribution is 0.662. The molecule has 0 fully saturated rings. The van der Waals surface area contributed by atoms with Crippen LogP contribution in [0.2, 0.25) is 0 Å². The molecule has 5 aromatic rings. The van der Waals surface area contributed by atoms with Crippen LogP contribution in [-0.2, 0) is 5.41 Å². The molecular weight excluding hydrogens is 362 g/mol. The van der Waals surface area contributed by atoms with Crippen molar-refractivity contribution in [3.8, 4) is 11.1 Å². The van der Waals surface area contributed by atoms with Crippen LogP contribution in [0.15, 0.2) is 97.1 Å². The van der Waals surface area contributed by atoms with Gasteiger partial charge in [0.05, 0.1) is 0 Å². The molecule has 0 spiro atoms. The van der Waals surface area contributed by atoms with E-state index in [-0.39, 0.29) is 5.41 Å². The maximum atomic E-state index is 3.52. The Morgan fingerprint density at radius 3 is 1.77 bits per heavy atom. The van der Waals surface area contributed by atoms with Crippen LogP contribution in [0.4, 0.5) is 11.4 Å². The van der Waals surface area contributed by atoms with Gasteiger partial charge in [0.2, 0.25) is 0 Å². The van der Waals surface area contributed by atoms with Crippen molar-refractivity contribution in [1.29, 1.82) is 0 Å². The standard InChI is InChI=1S/C29H23N/c1-29(2)27-17-20-9-7-6-8-19(20)15-25(27)26-16-21-12-13-24(14-22(21)18-28(26)29)30-23-10-4-3-5-11-23/h3-18,30H,1-2H3. The fourth-order valence-corrected chi connectivity index (χ4v) is 4.93. The predicted octanol–water partition coefficient (Wildman–Crippen LogP) is 8.04. The molecule has 0 atom stereocenters. The van der Waals surface area contributed by atoms with Crippen LogP contribution in [0.3, 0.4) is 0 Å². The van der Waals surface area contributed by atoms with Crippen molar-refractivity contribution in [3.63, 3.8) is 0 Å². The second kappa shape index (κ2) is 6.21. The first kappa shape index (κ1) is 17.3. The smallest absolute Gasteiger partial charge is 0.0390 e. The zero-order chi connectivity index (χ0) is 20.3. The molecule has 0 heterocycles. The third kappa shape index (κ3) is 2.55. The topological polar surface area (TPSA) is 12.0 Å². The maximum absolute atomic E-state index is 3.52. The number of hydrogen-bond acceptors (Lipinski definition) is 1. The molecule has 0 amide bonds. The average Bonchev–Trinajstić information content (AvgIpc) is 2.98. The summed E-state index contributed by atoms with van der Waals surface area (Å²) in [6.07, 6.45) is 0. The van der Waals surface area contributed by atoms with Gasteiger partial charge in [-0.2, -0.15) is 0 Å². The van der Waals surface area contributed by atoms with Crippen LogP contribution in [0, 0.1) is 0 Å². The number of fused-ring (bicyclic) bond motifs is 5.